The molecule has 0 aromatic carbocycles. The Kier molecular flexibility index (Phi) is 5.28. The summed E-state index contributed by atoms with van der Waals surface area (Å²) in [6, 6.07) is 1.36. The molecule has 1 aromatic rings. The van der Waals surface area contributed by atoms with Crippen molar-refractivity contribution < 1.29 is 13.9 Å². The third-order valence-electron chi connectivity index (χ3n) is 4.23. The van der Waals surface area contributed by atoms with Gasteiger partial charge in [0.25, 0.3) is 5.56 Å². The fourth-order valence-electron chi connectivity index (χ4n) is 3.30. The lowest BCUT2D eigenvalue weighted by Gasteiger charge is -2.34. The number of H-pyrrole nitrogens is 1. The molecule has 1 amide bonds. The predicted molar refractivity (Wildman–Crippen MR) is 85.8 cm³/mol. The molecule has 0 aliphatic heterocycles. The van der Waals surface area contributed by atoms with E-state index in [4.69, 9.17) is 10.5 Å². The number of primary amides is 1. The van der Waals surface area contributed by atoms with Crippen molar-refractivity contribution in [3.8, 4) is 0 Å². The van der Waals surface area contributed by atoms with Crippen LogP contribution < -0.4 is 16.6 Å². The second-order valence-corrected chi connectivity index (χ2v) is 6.81. The van der Waals surface area contributed by atoms with Gasteiger partial charge >= 0.3 is 6.09 Å². The number of ether oxygens (including phenoxy) is 1. The lowest BCUT2D eigenvalue weighted by molar-refractivity contribution is 0.0216. The Balaban J connectivity index is 1.85. The minimum atomic E-state index is -0.754. The van der Waals surface area contributed by atoms with Crippen LogP contribution in [0.15, 0.2) is 17.1 Å². The summed E-state index contributed by atoms with van der Waals surface area (Å²) < 4.78 is 18.3. The lowest BCUT2D eigenvalue weighted by atomic mass is 9.80. The summed E-state index contributed by atoms with van der Waals surface area (Å²) in [5.41, 5.74) is 4.46. The summed E-state index contributed by atoms with van der Waals surface area (Å²) in [4.78, 5) is 24.9. The van der Waals surface area contributed by atoms with Gasteiger partial charge in [-0.15, -0.1) is 0 Å². The average Bonchev–Trinajstić information content (AvgIpc) is 2.43. The van der Waals surface area contributed by atoms with Crippen molar-refractivity contribution in [2.45, 2.75) is 57.6 Å². The molecule has 0 atom stereocenters. The Morgan fingerprint density at radius 3 is 2.70 bits per heavy atom. The number of amides is 1. The first-order valence-electron chi connectivity index (χ1n) is 7.88. The summed E-state index contributed by atoms with van der Waals surface area (Å²) in [7, 11) is 0. The molecular formula is C16H24FN3O3. The molecule has 128 valence electrons. The summed E-state index contributed by atoms with van der Waals surface area (Å²) >= 11 is 0. The quantitative estimate of drug-likeness (QED) is 0.775. The zero-order chi connectivity index (χ0) is 17.0. The molecule has 1 saturated carbocycles. The zero-order valence-electron chi connectivity index (χ0n) is 13.5. The van der Waals surface area contributed by atoms with E-state index in [1.54, 1.807) is 0 Å². The van der Waals surface area contributed by atoms with Crippen LogP contribution >= 0.6 is 0 Å². The SMILES string of the molecule is CC(C)(CC1CCC(Nc2cc(F)c[nH]c2=O)CC1)OC(N)=O. The largest absolute Gasteiger partial charge is 0.444 e. The Morgan fingerprint density at radius 2 is 2.09 bits per heavy atom. The topological polar surface area (TPSA) is 97.2 Å². The molecule has 1 aliphatic carbocycles. The fraction of sp³-hybridized carbons (Fsp3) is 0.625. The number of nitrogens with two attached hydrogens (primary N) is 1. The first-order chi connectivity index (χ1) is 10.7. The van der Waals surface area contributed by atoms with E-state index in [0.29, 0.717) is 5.92 Å². The zero-order valence-corrected chi connectivity index (χ0v) is 13.5. The minimum absolute atomic E-state index is 0.148. The maximum atomic E-state index is 13.2. The molecular weight excluding hydrogens is 301 g/mol. The highest BCUT2D eigenvalue weighted by Gasteiger charge is 2.29. The molecule has 1 heterocycles. The molecule has 2 rings (SSSR count). The number of anilines is 1. The minimum Gasteiger partial charge on any atom is -0.444 e. The Bertz CT molecular complexity index is 607. The van der Waals surface area contributed by atoms with Crippen LogP contribution in [0.1, 0.15) is 46.0 Å². The number of nitrogens with one attached hydrogen (secondary N) is 2. The van der Waals surface area contributed by atoms with E-state index in [9.17, 15) is 14.0 Å². The van der Waals surface area contributed by atoms with E-state index < -0.39 is 17.5 Å². The van der Waals surface area contributed by atoms with Gasteiger partial charge in [0.15, 0.2) is 0 Å². The van der Waals surface area contributed by atoms with E-state index in [-0.39, 0.29) is 17.3 Å². The van der Waals surface area contributed by atoms with Gasteiger partial charge in [-0.2, -0.15) is 0 Å². The van der Waals surface area contributed by atoms with E-state index >= 15 is 0 Å². The number of halogens is 1. The molecule has 1 fully saturated rings. The number of pyridine rings is 1. The number of aromatic nitrogens is 1. The van der Waals surface area contributed by atoms with E-state index in [2.05, 4.69) is 10.3 Å². The lowest BCUT2D eigenvalue weighted by Crippen LogP contribution is -2.35. The van der Waals surface area contributed by atoms with Crippen LogP contribution in [0.5, 0.6) is 0 Å². The summed E-state index contributed by atoms with van der Waals surface area (Å²) in [6.45, 7) is 3.71. The van der Waals surface area contributed by atoms with Crippen molar-refractivity contribution in [3.63, 3.8) is 0 Å². The van der Waals surface area contributed by atoms with Crippen LogP contribution in [0.25, 0.3) is 0 Å². The fourth-order valence-corrected chi connectivity index (χ4v) is 3.30. The average molecular weight is 325 g/mol. The molecule has 0 bridgehead atoms. The highest BCUT2D eigenvalue weighted by atomic mass is 19.1. The molecule has 0 unspecified atom stereocenters. The number of carbonyl (C=O) groups excluding carboxylic acids is 1. The van der Waals surface area contributed by atoms with Crippen LogP contribution in [-0.2, 0) is 4.74 Å². The van der Waals surface area contributed by atoms with Crippen molar-refractivity contribution >= 4 is 11.8 Å². The maximum absolute atomic E-state index is 13.2. The third-order valence-corrected chi connectivity index (χ3v) is 4.23. The molecule has 1 aromatic heterocycles. The van der Waals surface area contributed by atoms with Crippen molar-refractivity contribution in [1.29, 1.82) is 0 Å². The van der Waals surface area contributed by atoms with Gasteiger partial charge in [-0.05, 0) is 51.9 Å². The number of hydrogen-bond donors (Lipinski definition) is 3. The molecule has 23 heavy (non-hydrogen) atoms. The first-order valence-corrected chi connectivity index (χ1v) is 7.88. The van der Waals surface area contributed by atoms with Crippen molar-refractivity contribution in [2.24, 2.45) is 11.7 Å². The van der Waals surface area contributed by atoms with E-state index in [1.807, 2.05) is 13.8 Å². The standard InChI is InChI=1S/C16H24FN3O3/c1-16(2,23-15(18)22)8-10-3-5-12(6-4-10)20-13-7-11(17)9-19-14(13)21/h7,9-10,12,20H,3-6,8H2,1-2H3,(H2,18,22)(H,19,21). The van der Waals surface area contributed by atoms with Gasteiger partial charge in [0.2, 0.25) is 0 Å². The molecule has 7 heteroatoms. The normalized spacial score (nSPS) is 21.7. The van der Waals surface area contributed by atoms with Gasteiger partial charge in [-0.25, -0.2) is 9.18 Å². The van der Waals surface area contributed by atoms with Gasteiger partial charge in [-0.3, -0.25) is 4.79 Å². The molecule has 4 N–H and O–H groups in total. The van der Waals surface area contributed by atoms with E-state index in [1.165, 1.54) is 6.07 Å². The van der Waals surface area contributed by atoms with Crippen LogP contribution in [0.4, 0.5) is 14.9 Å². The van der Waals surface area contributed by atoms with Gasteiger partial charge in [0.05, 0.1) is 0 Å². The van der Waals surface area contributed by atoms with Crippen LogP contribution in [0, 0.1) is 11.7 Å². The summed E-state index contributed by atoms with van der Waals surface area (Å²) in [5, 5.41) is 3.12. The van der Waals surface area contributed by atoms with Crippen molar-refractivity contribution in [1.82, 2.24) is 4.98 Å². The Morgan fingerprint density at radius 1 is 1.43 bits per heavy atom. The summed E-state index contributed by atoms with van der Waals surface area (Å²) in [5.74, 6) is -0.0284. The Hall–Kier alpha value is -2.05. The van der Waals surface area contributed by atoms with Gasteiger partial charge < -0.3 is 20.8 Å². The first kappa shape index (κ1) is 17.3. The molecule has 6 nitrogen and oxygen atoms in total. The van der Waals surface area contributed by atoms with Crippen LogP contribution in [-0.4, -0.2) is 22.7 Å². The Labute approximate surface area is 134 Å². The number of hydrogen-bond acceptors (Lipinski definition) is 4. The van der Waals surface area contributed by atoms with Crippen molar-refractivity contribution in [3.05, 3.63) is 28.4 Å². The van der Waals surface area contributed by atoms with Gasteiger partial charge in [0.1, 0.15) is 17.1 Å². The second kappa shape index (κ2) is 7.02. The summed E-state index contributed by atoms with van der Waals surface area (Å²) in [6.07, 6.45) is 4.72. The van der Waals surface area contributed by atoms with Crippen molar-refractivity contribution in [2.75, 3.05) is 5.32 Å². The number of aromatic amines is 1. The molecule has 0 spiro atoms. The van der Waals surface area contributed by atoms with E-state index in [0.717, 1.165) is 38.3 Å². The van der Waals surface area contributed by atoms with Gasteiger partial charge in [0, 0.05) is 18.3 Å². The second-order valence-electron chi connectivity index (χ2n) is 6.81. The smallest absolute Gasteiger partial charge is 0.405 e. The number of rotatable bonds is 5. The third kappa shape index (κ3) is 5.26. The molecule has 0 radical (unpaired) electrons. The number of carbonyl (C=O) groups is 1. The van der Waals surface area contributed by atoms with Gasteiger partial charge in [-0.1, -0.05) is 0 Å². The predicted octanol–water partition coefficient (Wildman–Crippen LogP) is 2.75. The highest BCUT2D eigenvalue weighted by molar-refractivity contribution is 5.65. The van der Waals surface area contributed by atoms with Crippen LogP contribution in [0.2, 0.25) is 0 Å². The molecule has 1 aliphatic rings. The van der Waals surface area contributed by atoms with Crippen LogP contribution in [0.3, 0.4) is 0 Å². The molecule has 0 saturated heterocycles. The maximum Gasteiger partial charge on any atom is 0.405 e. The highest BCUT2D eigenvalue weighted by Crippen LogP contribution is 2.33. The monoisotopic (exact) mass is 325 g/mol.